The van der Waals surface area contributed by atoms with Crippen LogP contribution < -0.4 is 15.0 Å². The SMILES string of the molecule is O=C(CCC(=O)N1CCOc2ccccc21)NCCc1cccc(Cl)c1Cl. The molecule has 0 atom stereocenters. The third-order valence-electron chi connectivity index (χ3n) is 4.34. The Bertz CT molecular complexity index is 842. The molecule has 1 N–H and O–H groups in total. The van der Waals surface area contributed by atoms with Crippen molar-refractivity contribution in [1.82, 2.24) is 5.32 Å². The van der Waals surface area contributed by atoms with Crippen molar-refractivity contribution in [3.63, 3.8) is 0 Å². The van der Waals surface area contributed by atoms with E-state index < -0.39 is 0 Å². The summed E-state index contributed by atoms with van der Waals surface area (Å²) >= 11 is 12.1. The smallest absolute Gasteiger partial charge is 0.227 e. The Hall–Kier alpha value is -2.24. The summed E-state index contributed by atoms with van der Waals surface area (Å²) in [7, 11) is 0. The molecule has 5 nitrogen and oxygen atoms in total. The Labute approximate surface area is 168 Å². The van der Waals surface area contributed by atoms with E-state index in [1.807, 2.05) is 36.4 Å². The third-order valence-corrected chi connectivity index (χ3v) is 5.20. The number of benzene rings is 2. The molecule has 0 fully saturated rings. The standard InChI is InChI=1S/C20H20Cl2N2O3/c21-15-5-3-4-14(20(15)22)10-11-23-18(25)8-9-19(26)24-12-13-27-17-7-2-1-6-16(17)24/h1-7H,8-13H2,(H,23,25). The predicted molar refractivity (Wildman–Crippen MR) is 107 cm³/mol. The highest BCUT2D eigenvalue weighted by atomic mass is 35.5. The van der Waals surface area contributed by atoms with Crippen molar-refractivity contribution in [3.05, 3.63) is 58.1 Å². The summed E-state index contributed by atoms with van der Waals surface area (Å²) in [6, 6.07) is 12.8. The highest BCUT2D eigenvalue weighted by Gasteiger charge is 2.23. The molecule has 1 aliphatic heterocycles. The van der Waals surface area contributed by atoms with Crippen LogP contribution in [0.15, 0.2) is 42.5 Å². The van der Waals surface area contributed by atoms with Crippen LogP contribution in [-0.4, -0.2) is 31.5 Å². The maximum absolute atomic E-state index is 12.5. The third kappa shape index (κ3) is 4.93. The number of amides is 2. The van der Waals surface area contributed by atoms with Gasteiger partial charge in [-0.05, 0) is 30.2 Å². The number of ether oxygens (including phenoxy) is 1. The molecule has 0 spiro atoms. The van der Waals surface area contributed by atoms with Gasteiger partial charge in [0, 0.05) is 19.4 Å². The van der Waals surface area contributed by atoms with Crippen molar-refractivity contribution < 1.29 is 14.3 Å². The van der Waals surface area contributed by atoms with E-state index in [0.717, 1.165) is 11.3 Å². The highest BCUT2D eigenvalue weighted by Crippen LogP contribution is 2.31. The summed E-state index contributed by atoms with van der Waals surface area (Å²) < 4.78 is 5.55. The number of rotatable bonds is 6. The summed E-state index contributed by atoms with van der Waals surface area (Å²) in [4.78, 5) is 26.2. The Balaban J connectivity index is 1.46. The number of hydrogen-bond donors (Lipinski definition) is 1. The second-order valence-electron chi connectivity index (χ2n) is 6.17. The molecule has 0 bridgehead atoms. The molecule has 0 saturated carbocycles. The molecule has 0 radical (unpaired) electrons. The number of carbonyl (C=O) groups is 2. The van der Waals surface area contributed by atoms with Crippen LogP contribution in [0.4, 0.5) is 5.69 Å². The second-order valence-corrected chi connectivity index (χ2v) is 6.96. The predicted octanol–water partition coefficient (Wildman–Crippen LogP) is 3.86. The molecule has 2 aromatic rings. The van der Waals surface area contributed by atoms with Crippen LogP contribution in [0.2, 0.25) is 10.0 Å². The lowest BCUT2D eigenvalue weighted by molar-refractivity contribution is -0.125. The van der Waals surface area contributed by atoms with E-state index in [0.29, 0.717) is 41.9 Å². The van der Waals surface area contributed by atoms with Crippen LogP contribution in [0.3, 0.4) is 0 Å². The highest BCUT2D eigenvalue weighted by molar-refractivity contribution is 6.42. The van der Waals surface area contributed by atoms with Crippen LogP contribution in [0.25, 0.3) is 0 Å². The summed E-state index contributed by atoms with van der Waals surface area (Å²) in [6.45, 7) is 1.38. The molecule has 1 aliphatic rings. The maximum Gasteiger partial charge on any atom is 0.227 e. The summed E-state index contributed by atoms with van der Waals surface area (Å²) in [5.74, 6) is 0.446. The monoisotopic (exact) mass is 406 g/mol. The number of hydrogen-bond acceptors (Lipinski definition) is 3. The number of para-hydroxylation sites is 2. The van der Waals surface area contributed by atoms with Crippen molar-refractivity contribution >= 4 is 40.7 Å². The summed E-state index contributed by atoms with van der Waals surface area (Å²) in [5, 5.41) is 3.83. The number of nitrogens with one attached hydrogen (secondary N) is 1. The molecule has 142 valence electrons. The minimum absolute atomic E-state index is 0.0845. The van der Waals surface area contributed by atoms with E-state index in [4.69, 9.17) is 27.9 Å². The molecule has 3 rings (SSSR count). The molecule has 1 heterocycles. The minimum atomic E-state index is -0.164. The fourth-order valence-electron chi connectivity index (χ4n) is 2.95. The van der Waals surface area contributed by atoms with Gasteiger partial charge < -0.3 is 15.0 Å². The normalized spacial score (nSPS) is 12.9. The number of fused-ring (bicyclic) bond motifs is 1. The van der Waals surface area contributed by atoms with Gasteiger partial charge in [0.2, 0.25) is 11.8 Å². The summed E-state index contributed by atoms with van der Waals surface area (Å²) in [5.41, 5.74) is 1.63. The van der Waals surface area contributed by atoms with Gasteiger partial charge in [-0.15, -0.1) is 0 Å². The molecule has 0 aromatic heterocycles. The molecule has 2 amide bonds. The first-order chi connectivity index (χ1) is 13.1. The van der Waals surface area contributed by atoms with Gasteiger partial charge in [-0.3, -0.25) is 9.59 Å². The zero-order chi connectivity index (χ0) is 19.2. The van der Waals surface area contributed by atoms with E-state index in [1.165, 1.54) is 0 Å². The Morgan fingerprint density at radius 1 is 1.07 bits per heavy atom. The average Bonchev–Trinajstić information content (AvgIpc) is 2.69. The number of anilines is 1. The largest absolute Gasteiger partial charge is 0.490 e. The van der Waals surface area contributed by atoms with E-state index in [-0.39, 0.29) is 24.7 Å². The number of carbonyl (C=O) groups excluding carboxylic acids is 2. The van der Waals surface area contributed by atoms with Gasteiger partial charge in [0.05, 0.1) is 22.3 Å². The van der Waals surface area contributed by atoms with Crippen molar-refractivity contribution in [2.24, 2.45) is 0 Å². The molecular formula is C20H20Cl2N2O3. The lowest BCUT2D eigenvalue weighted by atomic mass is 10.1. The first-order valence-corrected chi connectivity index (χ1v) is 9.53. The van der Waals surface area contributed by atoms with Gasteiger partial charge in [-0.2, -0.15) is 0 Å². The summed E-state index contributed by atoms with van der Waals surface area (Å²) in [6.07, 6.45) is 0.871. The van der Waals surface area contributed by atoms with Gasteiger partial charge >= 0.3 is 0 Å². The molecule has 0 unspecified atom stereocenters. The average molecular weight is 407 g/mol. The van der Waals surface area contributed by atoms with Gasteiger partial charge in [0.15, 0.2) is 0 Å². The van der Waals surface area contributed by atoms with Gasteiger partial charge in [0.1, 0.15) is 12.4 Å². The molecular weight excluding hydrogens is 387 g/mol. The van der Waals surface area contributed by atoms with Crippen molar-refractivity contribution in [1.29, 1.82) is 0 Å². The first kappa shape index (κ1) is 19.5. The van der Waals surface area contributed by atoms with Gasteiger partial charge in [-0.1, -0.05) is 47.5 Å². The van der Waals surface area contributed by atoms with Crippen LogP contribution in [-0.2, 0) is 16.0 Å². The zero-order valence-corrected chi connectivity index (χ0v) is 16.2. The lowest BCUT2D eigenvalue weighted by Crippen LogP contribution is -2.38. The Morgan fingerprint density at radius 2 is 1.89 bits per heavy atom. The fourth-order valence-corrected chi connectivity index (χ4v) is 3.37. The van der Waals surface area contributed by atoms with Gasteiger partial charge in [-0.25, -0.2) is 0 Å². The number of halogens is 2. The van der Waals surface area contributed by atoms with Gasteiger partial charge in [0.25, 0.3) is 0 Å². The second kappa shape index (κ2) is 9.11. The molecule has 2 aromatic carbocycles. The first-order valence-electron chi connectivity index (χ1n) is 8.78. The minimum Gasteiger partial charge on any atom is -0.490 e. The van der Waals surface area contributed by atoms with Crippen LogP contribution in [0.1, 0.15) is 18.4 Å². The van der Waals surface area contributed by atoms with E-state index in [1.54, 1.807) is 11.0 Å². The van der Waals surface area contributed by atoms with E-state index in [9.17, 15) is 9.59 Å². The van der Waals surface area contributed by atoms with E-state index >= 15 is 0 Å². The van der Waals surface area contributed by atoms with Crippen molar-refractivity contribution in [2.75, 3.05) is 24.6 Å². The lowest BCUT2D eigenvalue weighted by Gasteiger charge is -2.29. The molecule has 7 heteroatoms. The van der Waals surface area contributed by atoms with E-state index in [2.05, 4.69) is 5.32 Å². The number of nitrogens with zero attached hydrogens (tertiary/aromatic N) is 1. The topological polar surface area (TPSA) is 58.6 Å². The van der Waals surface area contributed by atoms with Crippen LogP contribution in [0.5, 0.6) is 5.75 Å². The molecule has 27 heavy (non-hydrogen) atoms. The maximum atomic E-state index is 12.5. The van der Waals surface area contributed by atoms with Crippen LogP contribution >= 0.6 is 23.2 Å². The Kier molecular flexibility index (Phi) is 6.58. The quantitative estimate of drug-likeness (QED) is 0.791. The zero-order valence-electron chi connectivity index (χ0n) is 14.7. The molecule has 0 saturated heterocycles. The van der Waals surface area contributed by atoms with Crippen molar-refractivity contribution in [2.45, 2.75) is 19.3 Å². The Morgan fingerprint density at radius 3 is 2.74 bits per heavy atom. The fraction of sp³-hybridized carbons (Fsp3) is 0.300. The molecule has 0 aliphatic carbocycles. The van der Waals surface area contributed by atoms with Crippen molar-refractivity contribution in [3.8, 4) is 5.75 Å². The van der Waals surface area contributed by atoms with Crippen LogP contribution in [0, 0.1) is 0 Å².